The molecule has 7 heteroatoms. The van der Waals surface area contributed by atoms with Gasteiger partial charge in [0.1, 0.15) is 5.75 Å². The van der Waals surface area contributed by atoms with Crippen LogP contribution in [0.5, 0.6) is 17.2 Å². The van der Waals surface area contributed by atoms with Gasteiger partial charge in [0, 0.05) is 25.8 Å². The quantitative estimate of drug-likeness (QED) is 0.659. The van der Waals surface area contributed by atoms with Crippen molar-refractivity contribution in [3.63, 3.8) is 0 Å². The van der Waals surface area contributed by atoms with Crippen molar-refractivity contribution in [3.8, 4) is 17.2 Å². The van der Waals surface area contributed by atoms with Gasteiger partial charge in [-0.25, -0.2) is 0 Å². The lowest BCUT2D eigenvalue weighted by atomic mass is 10.2. The largest absolute Gasteiger partial charge is 0.494 e. The van der Waals surface area contributed by atoms with Crippen LogP contribution in [0.25, 0.3) is 0 Å². The Balaban J connectivity index is 2.74. The van der Waals surface area contributed by atoms with Crippen LogP contribution in [0.1, 0.15) is 0 Å². The van der Waals surface area contributed by atoms with Gasteiger partial charge in [-0.2, -0.15) is 0 Å². The van der Waals surface area contributed by atoms with Crippen LogP contribution in [0.15, 0.2) is 12.1 Å². The van der Waals surface area contributed by atoms with Crippen molar-refractivity contribution in [3.05, 3.63) is 12.1 Å². The molecule has 0 aromatic heterocycles. The second kappa shape index (κ2) is 9.04. The summed E-state index contributed by atoms with van der Waals surface area (Å²) in [7, 11) is 6.20. The maximum Gasteiger partial charge on any atom is 0.238 e. The minimum atomic E-state index is -0.184. The highest BCUT2D eigenvalue weighted by molar-refractivity contribution is 5.94. The van der Waals surface area contributed by atoms with Crippen LogP contribution in [0.3, 0.4) is 0 Å². The van der Waals surface area contributed by atoms with Gasteiger partial charge in [0.2, 0.25) is 5.91 Å². The van der Waals surface area contributed by atoms with Gasteiger partial charge in [-0.05, 0) is 0 Å². The van der Waals surface area contributed by atoms with Crippen molar-refractivity contribution in [2.45, 2.75) is 0 Å². The Morgan fingerprint density at radius 1 is 1.00 bits per heavy atom. The van der Waals surface area contributed by atoms with Gasteiger partial charge in [-0.3, -0.25) is 4.79 Å². The van der Waals surface area contributed by atoms with Gasteiger partial charge in [0.15, 0.2) is 11.5 Å². The summed E-state index contributed by atoms with van der Waals surface area (Å²) in [5, 5.41) is 5.72. The highest BCUT2D eigenvalue weighted by atomic mass is 16.5. The number of methoxy groups -OCH3 is 4. The Morgan fingerprint density at radius 2 is 1.62 bits per heavy atom. The normalized spacial score (nSPS) is 10.1. The minimum absolute atomic E-state index is 0.181. The Morgan fingerprint density at radius 3 is 2.19 bits per heavy atom. The number of carbonyl (C=O) groups is 1. The molecule has 0 saturated heterocycles. The predicted octanol–water partition coefficient (Wildman–Crippen LogP) is 0.887. The third-order valence-electron chi connectivity index (χ3n) is 2.75. The Kier molecular flexibility index (Phi) is 7.34. The fraction of sp³-hybridized carbons (Fsp3) is 0.500. The maximum atomic E-state index is 11.9. The summed E-state index contributed by atoms with van der Waals surface area (Å²) in [5.74, 6) is 1.36. The zero-order valence-electron chi connectivity index (χ0n) is 12.8. The monoisotopic (exact) mass is 298 g/mol. The molecule has 0 bridgehead atoms. The summed E-state index contributed by atoms with van der Waals surface area (Å²) < 4.78 is 20.5. The Labute approximate surface area is 124 Å². The van der Waals surface area contributed by atoms with Gasteiger partial charge < -0.3 is 29.6 Å². The molecule has 21 heavy (non-hydrogen) atoms. The van der Waals surface area contributed by atoms with Crippen molar-refractivity contribution in [2.75, 3.05) is 53.5 Å². The second-order valence-corrected chi connectivity index (χ2v) is 4.13. The smallest absolute Gasteiger partial charge is 0.238 e. The van der Waals surface area contributed by atoms with Gasteiger partial charge in [0.25, 0.3) is 0 Å². The van der Waals surface area contributed by atoms with Crippen LogP contribution in [0.2, 0.25) is 0 Å². The number of anilines is 1. The third-order valence-corrected chi connectivity index (χ3v) is 2.75. The molecule has 0 fully saturated rings. The average molecular weight is 298 g/mol. The van der Waals surface area contributed by atoms with Gasteiger partial charge in [-0.1, -0.05) is 0 Å². The summed E-state index contributed by atoms with van der Waals surface area (Å²) in [6, 6.07) is 3.32. The number of hydrogen-bond donors (Lipinski definition) is 2. The third kappa shape index (κ3) is 5.13. The zero-order valence-corrected chi connectivity index (χ0v) is 12.8. The van der Waals surface area contributed by atoms with Crippen LogP contribution in [0, 0.1) is 0 Å². The van der Waals surface area contributed by atoms with Crippen molar-refractivity contribution >= 4 is 11.6 Å². The molecule has 0 spiro atoms. The molecule has 0 aliphatic heterocycles. The number of hydrogen-bond acceptors (Lipinski definition) is 6. The molecule has 0 radical (unpaired) electrons. The summed E-state index contributed by atoms with van der Waals surface area (Å²) in [4.78, 5) is 11.9. The van der Waals surface area contributed by atoms with E-state index in [-0.39, 0.29) is 12.5 Å². The molecule has 118 valence electrons. The van der Waals surface area contributed by atoms with E-state index in [2.05, 4.69) is 10.6 Å². The molecule has 0 saturated carbocycles. The number of ether oxygens (including phenoxy) is 4. The summed E-state index contributed by atoms with van der Waals surface area (Å²) in [6.45, 7) is 1.33. The first-order chi connectivity index (χ1) is 10.2. The molecule has 1 aromatic carbocycles. The number of carbonyl (C=O) groups excluding carboxylic acids is 1. The molecular weight excluding hydrogens is 276 g/mol. The van der Waals surface area contributed by atoms with E-state index in [4.69, 9.17) is 18.9 Å². The van der Waals surface area contributed by atoms with Crippen molar-refractivity contribution in [1.29, 1.82) is 0 Å². The lowest BCUT2D eigenvalue weighted by Crippen LogP contribution is -2.30. The van der Waals surface area contributed by atoms with E-state index >= 15 is 0 Å². The van der Waals surface area contributed by atoms with Crippen LogP contribution in [0.4, 0.5) is 5.69 Å². The first-order valence-electron chi connectivity index (χ1n) is 6.45. The number of nitrogens with one attached hydrogen (secondary N) is 2. The van der Waals surface area contributed by atoms with Gasteiger partial charge in [-0.15, -0.1) is 0 Å². The first-order valence-corrected chi connectivity index (χ1v) is 6.45. The second-order valence-electron chi connectivity index (χ2n) is 4.13. The number of amides is 1. The van der Waals surface area contributed by atoms with E-state index in [1.165, 1.54) is 21.3 Å². The van der Waals surface area contributed by atoms with Crippen LogP contribution in [-0.2, 0) is 9.53 Å². The van der Waals surface area contributed by atoms with E-state index in [1.807, 2.05) is 0 Å². The van der Waals surface area contributed by atoms with Crippen molar-refractivity contribution in [1.82, 2.24) is 5.32 Å². The Hall–Kier alpha value is -1.99. The topological polar surface area (TPSA) is 78.1 Å². The lowest BCUT2D eigenvalue weighted by molar-refractivity contribution is -0.115. The fourth-order valence-electron chi connectivity index (χ4n) is 1.70. The molecular formula is C14H22N2O5. The highest BCUT2D eigenvalue weighted by Gasteiger charge is 2.13. The molecule has 0 aliphatic rings. The predicted molar refractivity (Wildman–Crippen MR) is 79.5 cm³/mol. The molecule has 1 rings (SSSR count). The average Bonchev–Trinajstić information content (AvgIpc) is 2.51. The molecule has 0 unspecified atom stereocenters. The van der Waals surface area contributed by atoms with Crippen LogP contribution < -0.4 is 24.8 Å². The van der Waals surface area contributed by atoms with E-state index in [1.54, 1.807) is 19.2 Å². The van der Waals surface area contributed by atoms with Crippen molar-refractivity contribution in [2.24, 2.45) is 0 Å². The molecule has 0 atom stereocenters. The summed E-state index contributed by atoms with van der Waals surface area (Å²) >= 11 is 0. The van der Waals surface area contributed by atoms with Crippen LogP contribution >= 0.6 is 0 Å². The SMILES string of the molecule is COCCNCC(=O)Nc1cc(OC)c(OC)cc1OC. The standard InChI is InChI=1S/C14H22N2O5/c1-18-6-5-15-9-14(17)16-10-7-12(20-3)13(21-4)8-11(10)19-2/h7-8,15H,5-6,9H2,1-4H3,(H,16,17). The first kappa shape index (κ1) is 17.1. The molecule has 1 aromatic rings. The molecule has 1 amide bonds. The minimum Gasteiger partial charge on any atom is -0.494 e. The van der Waals surface area contributed by atoms with E-state index < -0.39 is 0 Å². The molecule has 0 heterocycles. The zero-order chi connectivity index (χ0) is 15.7. The fourth-order valence-corrected chi connectivity index (χ4v) is 1.70. The van der Waals surface area contributed by atoms with E-state index in [9.17, 15) is 4.79 Å². The molecule has 2 N–H and O–H groups in total. The summed E-state index contributed by atoms with van der Waals surface area (Å²) in [5.41, 5.74) is 0.522. The molecule has 0 aliphatic carbocycles. The van der Waals surface area contributed by atoms with E-state index in [0.29, 0.717) is 36.1 Å². The maximum absolute atomic E-state index is 11.9. The summed E-state index contributed by atoms with van der Waals surface area (Å²) in [6.07, 6.45) is 0. The van der Waals surface area contributed by atoms with Gasteiger partial charge in [0.05, 0.1) is 40.2 Å². The Bertz CT molecular complexity index is 465. The van der Waals surface area contributed by atoms with Gasteiger partial charge >= 0.3 is 0 Å². The van der Waals surface area contributed by atoms with E-state index in [0.717, 1.165) is 0 Å². The number of rotatable bonds is 9. The number of benzene rings is 1. The molecule has 7 nitrogen and oxygen atoms in total. The van der Waals surface area contributed by atoms with Crippen LogP contribution in [-0.4, -0.2) is 54.0 Å². The van der Waals surface area contributed by atoms with Crippen molar-refractivity contribution < 1.29 is 23.7 Å². The lowest BCUT2D eigenvalue weighted by Gasteiger charge is -2.15. The highest BCUT2D eigenvalue weighted by Crippen LogP contribution is 2.37.